The van der Waals surface area contributed by atoms with Crippen LogP contribution in [0.25, 0.3) is 0 Å². The van der Waals surface area contributed by atoms with E-state index >= 15 is 4.39 Å². The largest absolute Gasteiger partial charge is 0.485 e. The van der Waals surface area contributed by atoms with Gasteiger partial charge in [0.05, 0.1) is 0 Å². The quantitative estimate of drug-likeness (QED) is 0.260. The lowest BCUT2D eigenvalue weighted by atomic mass is 10.0. The summed E-state index contributed by atoms with van der Waals surface area (Å²) in [6.45, 7) is 13.5. The number of carbonyl (C=O) groups is 2. The molecular formula is C34H47F3N4O5. The lowest BCUT2D eigenvalue weighted by molar-refractivity contribution is 0.00512. The summed E-state index contributed by atoms with van der Waals surface area (Å²) in [5.41, 5.74) is -0.840. The highest BCUT2D eigenvalue weighted by atomic mass is 19.1. The molecule has 12 heteroatoms. The molecule has 1 aliphatic carbocycles. The van der Waals surface area contributed by atoms with Crippen molar-refractivity contribution in [2.24, 2.45) is 0 Å². The second kappa shape index (κ2) is 14.5. The van der Waals surface area contributed by atoms with Gasteiger partial charge in [0.25, 0.3) is 0 Å². The third kappa shape index (κ3) is 9.73. The second-order valence-corrected chi connectivity index (χ2v) is 14.2. The molecule has 2 heterocycles. The van der Waals surface area contributed by atoms with Crippen LogP contribution >= 0.6 is 0 Å². The van der Waals surface area contributed by atoms with Crippen LogP contribution in [0.4, 0.5) is 22.8 Å². The number of hydrogen-bond acceptors (Lipinski definition) is 7. The zero-order valence-electron chi connectivity index (χ0n) is 27.9. The standard InChI is InChI=1S/C34H47F3N4O5/c1-33(2,3)45-31(42)39(7)14-9-15-40-16-11-24(12-17-40)41(32(43)46-34(4,5)6)28-20-25(28)26-18-23(35)19-27(36)29(26)44-21-22-10-8-13-38-30(22)37/h8,10,13,18-19,24-25,28H,9,11-12,14-17,20-21H2,1-7H3/t25-,28+/m0/s1. The molecule has 254 valence electrons. The summed E-state index contributed by atoms with van der Waals surface area (Å²) in [5.74, 6) is -2.92. The van der Waals surface area contributed by atoms with Gasteiger partial charge in [-0.25, -0.2) is 23.4 Å². The molecular weight excluding hydrogens is 601 g/mol. The number of ether oxygens (including phenoxy) is 3. The van der Waals surface area contributed by atoms with Crippen molar-refractivity contribution >= 4 is 12.2 Å². The van der Waals surface area contributed by atoms with Crippen LogP contribution in [0.2, 0.25) is 0 Å². The minimum Gasteiger partial charge on any atom is -0.485 e. The Morgan fingerprint density at radius 2 is 1.65 bits per heavy atom. The minimum atomic E-state index is -0.889. The van der Waals surface area contributed by atoms with Crippen LogP contribution in [-0.4, -0.2) is 88.4 Å². The molecule has 4 rings (SSSR count). The molecule has 1 saturated heterocycles. The van der Waals surface area contributed by atoms with Crippen molar-refractivity contribution in [1.29, 1.82) is 0 Å². The number of aromatic nitrogens is 1. The molecule has 0 unspecified atom stereocenters. The number of likely N-dealkylation sites (tertiary alicyclic amines) is 1. The van der Waals surface area contributed by atoms with Crippen LogP contribution in [0.5, 0.6) is 5.75 Å². The molecule has 1 aromatic carbocycles. The first-order chi connectivity index (χ1) is 21.5. The molecule has 0 bridgehead atoms. The van der Waals surface area contributed by atoms with Crippen molar-refractivity contribution in [2.75, 3.05) is 33.2 Å². The Morgan fingerprint density at radius 1 is 1.00 bits per heavy atom. The molecule has 2 atom stereocenters. The zero-order valence-corrected chi connectivity index (χ0v) is 27.9. The van der Waals surface area contributed by atoms with Gasteiger partial charge in [-0.3, -0.25) is 0 Å². The molecule has 2 amide bonds. The van der Waals surface area contributed by atoms with Gasteiger partial charge in [-0.15, -0.1) is 0 Å². The molecule has 2 aliphatic rings. The lowest BCUT2D eigenvalue weighted by Crippen LogP contribution is -2.50. The van der Waals surface area contributed by atoms with Crippen LogP contribution < -0.4 is 4.74 Å². The van der Waals surface area contributed by atoms with Crippen LogP contribution in [0.15, 0.2) is 30.5 Å². The first kappa shape index (κ1) is 35.3. The van der Waals surface area contributed by atoms with Gasteiger partial charge in [0.1, 0.15) is 23.6 Å². The SMILES string of the molecule is CN(CCCN1CCC(N(C(=O)OC(C)(C)C)[C@@H]2C[C@H]2c2cc(F)cc(F)c2OCc2cccnc2F)CC1)C(=O)OC(C)(C)C. The number of halogens is 3. The van der Waals surface area contributed by atoms with E-state index in [1.54, 1.807) is 43.7 Å². The van der Waals surface area contributed by atoms with Gasteiger partial charge in [-0.1, -0.05) is 0 Å². The van der Waals surface area contributed by atoms with Crippen LogP contribution in [-0.2, 0) is 16.1 Å². The maximum absolute atomic E-state index is 15.1. The summed E-state index contributed by atoms with van der Waals surface area (Å²) in [5, 5.41) is 0. The molecule has 2 aromatic rings. The minimum absolute atomic E-state index is 0.127. The van der Waals surface area contributed by atoms with E-state index in [1.807, 2.05) is 20.8 Å². The summed E-state index contributed by atoms with van der Waals surface area (Å²) in [4.78, 5) is 35.1. The van der Waals surface area contributed by atoms with Crippen LogP contribution in [0, 0.1) is 17.6 Å². The molecule has 1 aliphatic heterocycles. The summed E-state index contributed by atoms with van der Waals surface area (Å²) in [6.07, 6.45) is 3.15. The fraction of sp³-hybridized carbons (Fsp3) is 0.618. The first-order valence-electron chi connectivity index (χ1n) is 15.9. The van der Waals surface area contributed by atoms with E-state index < -0.39 is 34.9 Å². The Balaban J connectivity index is 1.42. The average Bonchev–Trinajstić information content (AvgIpc) is 3.72. The number of nitrogens with zero attached hydrogens (tertiary/aromatic N) is 4. The first-order valence-corrected chi connectivity index (χ1v) is 15.9. The summed E-state index contributed by atoms with van der Waals surface area (Å²) in [6, 6.07) is 4.53. The normalized spacial score (nSPS) is 19.0. The van der Waals surface area contributed by atoms with E-state index in [2.05, 4.69) is 9.88 Å². The van der Waals surface area contributed by atoms with Gasteiger partial charge >= 0.3 is 12.2 Å². The lowest BCUT2D eigenvalue weighted by Gasteiger charge is -2.39. The Hall–Kier alpha value is -3.54. The van der Waals surface area contributed by atoms with Crippen molar-refractivity contribution in [1.82, 2.24) is 19.7 Å². The topological polar surface area (TPSA) is 84.4 Å². The predicted molar refractivity (Wildman–Crippen MR) is 167 cm³/mol. The number of piperidine rings is 1. The molecule has 1 saturated carbocycles. The van der Waals surface area contributed by atoms with Gasteiger partial charge in [0.15, 0.2) is 11.6 Å². The van der Waals surface area contributed by atoms with E-state index in [9.17, 15) is 18.4 Å². The summed E-state index contributed by atoms with van der Waals surface area (Å²) < 4.78 is 60.6. The molecule has 46 heavy (non-hydrogen) atoms. The van der Waals surface area contributed by atoms with Crippen molar-refractivity contribution < 1.29 is 37.0 Å². The third-order valence-corrected chi connectivity index (χ3v) is 7.99. The van der Waals surface area contributed by atoms with Crippen LogP contribution in [0.1, 0.15) is 84.3 Å². The number of carbonyl (C=O) groups excluding carboxylic acids is 2. The van der Waals surface area contributed by atoms with Gasteiger partial charge in [0.2, 0.25) is 5.95 Å². The highest BCUT2D eigenvalue weighted by Crippen LogP contribution is 2.50. The van der Waals surface area contributed by atoms with E-state index in [4.69, 9.17) is 14.2 Å². The van der Waals surface area contributed by atoms with E-state index in [-0.39, 0.29) is 42.0 Å². The fourth-order valence-corrected chi connectivity index (χ4v) is 5.76. The number of amides is 2. The predicted octanol–water partition coefficient (Wildman–Crippen LogP) is 6.89. The number of pyridine rings is 1. The van der Waals surface area contributed by atoms with E-state index in [0.29, 0.717) is 31.4 Å². The Bertz CT molecular complexity index is 1370. The molecule has 2 fully saturated rings. The highest BCUT2D eigenvalue weighted by molar-refractivity contribution is 5.70. The second-order valence-electron chi connectivity index (χ2n) is 14.2. The van der Waals surface area contributed by atoms with Gasteiger partial charge in [0, 0.05) is 68.1 Å². The number of rotatable bonds is 10. The van der Waals surface area contributed by atoms with Crippen molar-refractivity contribution in [3.05, 3.63) is 59.2 Å². The molecule has 0 radical (unpaired) electrons. The number of hydrogen-bond donors (Lipinski definition) is 0. The Labute approximate surface area is 270 Å². The van der Waals surface area contributed by atoms with Crippen molar-refractivity contribution in [3.63, 3.8) is 0 Å². The monoisotopic (exact) mass is 648 g/mol. The third-order valence-electron chi connectivity index (χ3n) is 7.99. The zero-order chi connectivity index (χ0) is 33.8. The summed E-state index contributed by atoms with van der Waals surface area (Å²) >= 11 is 0. The molecule has 9 nitrogen and oxygen atoms in total. The van der Waals surface area contributed by atoms with Gasteiger partial charge in [-0.05, 0) is 92.0 Å². The molecule has 0 spiro atoms. The average molecular weight is 649 g/mol. The van der Waals surface area contributed by atoms with Crippen molar-refractivity contribution in [2.45, 2.75) is 103 Å². The van der Waals surface area contributed by atoms with E-state index in [0.717, 1.165) is 32.1 Å². The maximum Gasteiger partial charge on any atom is 0.410 e. The maximum atomic E-state index is 15.1. The highest BCUT2D eigenvalue weighted by Gasteiger charge is 2.50. The molecule has 1 aromatic heterocycles. The Kier molecular flexibility index (Phi) is 11.1. The van der Waals surface area contributed by atoms with E-state index in [1.165, 1.54) is 18.3 Å². The molecule has 0 N–H and O–H groups in total. The van der Waals surface area contributed by atoms with Crippen LogP contribution in [0.3, 0.4) is 0 Å². The smallest absolute Gasteiger partial charge is 0.410 e. The summed E-state index contributed by atoms with van der Waals surface area (Å²) in [7, 11) is 1.73. The van der Waals surface area contributed by atoms with Gasteiger partial charge < -0.3 is 28.9 Å². The van der Waals surface area contributed by atoms with Crippen molar-refractivity contribution in [3.8, 4) is 5.75 Å². The van der Waals surface area contributed by atoms with Gasteiger partial charge in [-0.2, -0.15) is 4.39 Å². The fourth-order valence-electron chi connectivity index (χ4n) is 5.76. The number of benzene rings is 1. The Morgan fingerprint density at radius 3 is 2.28 bits per heavy atom.